The zero-order valence-electron chi connectivity index (χ0n) is 10.7. The fourth-order valence-corrected chi connectivity index (χ4v) is 2.63. The minimum atomic E-state index is -0.0119. The van der Waals surface area contributed by atoms with E-state index in [9.17, 15) is 0 Å². The molecule has 0 fully saturated rings. The quantitative estimate of drug-likeness (QED) is 0.814. The average molecular weight is 315 g/mol. The summed E-state index contributed by atoms with van der Waals surface area (Å²) in [5.74, 6) is 0. The van der Waals surface area contributed by atoms with Gasteiger partial charge >= 0.3 is 0 Å². The molecule has 0 radical (unpaired) electrons. The van der Waals surface area contributed by atoms with Gasteiger partial charge in [0.1, 0.15) is 0 Å². The molecular weight excluding hydrogens is 301 g/mol. The summed E-state index contributed by atoms with van der Waals surface area (Å²) in [6, 6.07) is 11.6. The third kappa shape index (κ3) is 3.06. The van der Waals surface area contributed by atoms with Gasteiger partial charge in [-0.15, -0.1) is 0 Å². The molecule has 19 heavy (non-hydrogen) atoms. The predicted octanol–water partition coefficient (Wildman–Crippen LogP) is 5.26. The molecule has 2 aromatic carbocycles. The highest BCUT2D eigenvalue weighted by Gasteiger charge is 2.17. The molecule has 1 unspecified atom stereocenters. The molecule has 0 spiro atoms. The van der Waals surface area contributed by atoms with Crippen molar-refractivity contribution >= 4 is 34.8 Å². The summed E-state index contributed by atoms with van der Waals surface area (Å²) in [6.45, 7) is 1.98. The van der Waals surface area contributed by atoms with E-state index in [0.29, 0.717) is 10.0 Å². The Bertz CT molecular complexity index is 596. The van der Waals surface area contributed by atoms with Crippen molar-refractivity contribution < 1.29 is 0 Å². The Morgan fingerprint density at radius 1 is 1.00 bits per heavy atom. The molecule has 0 saturated carbocycles. The highest BCUT2D eigenvalue weighted by Crippen LogP contribution is 2.33. The van der Waals surface area contributed by atoms with E-state index >= 15 is 0 Å². The smallest absolute Gasteiger partial charge is 0.0643 e. The molecule has 0 saturated heterocycles. The second kappa shape index (κ2) is 6.15. The zero-order valence-corrected chi connectivity index (χ0v) is 12.9. The Labute approximate surface area is 128 Å². The highest BCUT2D eigenvalue weighted by molar-refractivity contribution is 6.42. The van der Waals surface area contributed by atoms with E-state index in [1.54, 1.807) is 6.07 Å². The van der Waals surface area contributed by atoms with Crippen LogP contribution in [-0.4, -0.2) is 7.05 Å². The first-order chi connectivity index (χ1) is 9.04. The molecule has 2 aromatic rings. The van der Waals surface area contributed by atoms with Gasteiger partial charge in [0.05, 0.1) is 16.1 Å². The second-order valence-electron chi connectivity index (χ2n) is 4.37. The maximum atomic E-state index is 6.29. The van der Waals surface area contributed by atoms with Crippen molar-refractivity contribution in [2.75, 3.05) is 7.05 Å². The van der Waals surface area contributed by atoms with Gasteiger partial charge in [-0.05, 0) is 42.8 Å². The number of hydrogen-bond donors (Lipinski definition) is 1. The number of benzene rings is 2. The van der Waals surface area contributed by atoms with Gasteiger partial charge in [-0.25, -0.2) is 0 Å². The van der Waals surface area contributed by atoms with Crippen LogP contribution in [0.2, 0.25) is 15.1 Å². The first-order valence-electron chi connectivity index (χ1n) is 5.92. The SMILES string of the molecule is CNC(c1ccc(Cl)c(C)c1)c1cccc(Cl)c1Cl. The van der Waals surface area contributed by atoms with Gasteiger partial charge in [-0.3, -0.25) is 0 Å². The molecule has 0 aliphatic heterocycles. The molecule has 1 N–H and O–H groups in total. The summed E-state index contributed by atoms with van der Waals surface area (Å²) >= 11 is 18.4. The third-order valence-corrected chi connectivity index (χ3v) is 4.35. The van der Waals surface area contributed by atoms with Crippen LogP contribution in [0.15, 0.2) is 36.4 Å². The molecular formula is C15H14Cl3N. The number of aryl methyl sites for hydroxylation is 1. The van der Waals surface area contributed by atoms with E-state index in [0.717, 1.165) is 21.7 Å². The van der Waals surface area contributed by atoms with E-state index in [1.807, 2.05) is 38.2 Å². The average Bonchev–Trinajstić information content (AvgIpc) is 2.39. The lowest BCUT2D eigenvalue weighted by atomic mass is 9.97. The lowest BCUT2D eigenvalue weighted by Crippen LogP contribution is -2.18. The first-order valence-corrected chi connectivity index (χ1v) is 7.05. The van der Waals surface area contributed by atoms with Crippen LogP contribution >= 0.6 is 34.8 Å². The van der Waals surface area contributed by atoms with Crippen LogP contribution in [0, 0.1) is 6.92 Å². The van der Waals surface area contributed by atoms with E-state index < -0.39 is 0 Å². The van der Waals surface area contributed by atoms with Crippen LogP contribution in [0.25, 0.3) is 0 Å². The summed E-state index contributed by atoms with van der Waals surface area (Å²) in [5, 5.41) is 5.16. The molecule has 0 amide bonds. The molecule has 1 nitrogen and oxygen atoms in total. The number of halogens is 3. The third-order valence-electron chi connectivity index (χ3n) is 3.10. The summed E-state index contributed by atoms with van der Waals surface area (Å²) in [7, 11) is 1.89. The standard InChI is InChI=1S/C15H14Cl3N/c1-9-8-10(6-7-12(9)16)15(19-2)11-4-3-5-13(17)14(11)18/h3-8,15,19H,1-2H3. The summed E-state index contributed by atoms with van der Waals surface area (Å²) < 4.78 is 0. The Hall–Kier alpha value is -0.730. The number of hydrogen-bond acceptors (Lipinski definition) is 1. The zero-order chi connectivity index (χ0) is 14.0. The van der Waals surface area contributed by atoms with Crippen molar-refractivity contribution in [2.24, 2.45) is 0 Å². The molecule has 0 aliphatic carbocycles. The molecule has 1 atom stereocenters. The minimum absolute atomic E-state index is 0.0119. The van der Waals surface area contributed by atoms with Crippen molar-refractivity contribution in [3.63, 3.8) is 0 Å². The van der Waals surface area contributed by atoms with Crippen LogP contribution in [0.4, 0.5) is 0 Å². The molecule has 0 aromatic heterocycles. The van der Waals surface area contributed by atoms with Crippen molar-refractivity contribution in [3.8, 4) is 0 Å². The maximum absolute atomic E-state index is 6.29. The highest BCUT2D eigenvalue weighted by atomic mass is 35.5. The number of nitrogens with one attached hydrogen (secondary N) is 1. The lowest BCUT2D eigenvalue weighted by molar-refractivity contribution is 0.691. The normalized spacial score (nSPS) is 12.5. The first kappa shape index (κ1) is 14.7. The Balaban J connectivity index is 2.50. The van der Waals surface area contributed by atoms with Crippen LogP contribution in [0.1, 0.15) is 22.7 Å². The van der Waals surface area contributed by atoms with Gasteiger partial charge in [0.2, 0.25) is 0 Å². The maximum Gasteiger partial charge on any atom is 0.0643 e. The van der Waals surface area contributed by atoms with Crippen LogP contribution < -0.4 is 5.32 Å². The van der Waals surface area contributed by atoms with E-state index in [4.69, 9.17) is 34.8 Å². The summed E-state index contributed by atoms with van der Waals surface area (Å²) in [6.07, 6.45) is 0. The molecule has 0 bridgehead atoms. The molecule has 100 valence electrons. The van der Waals surface area contributed by atoms with E-state index in [-0.39, 0.29) is 6.04 Å². The van der Waals surface area contributed by atoms with Gasteiger partial charge in [0, 0.05) is 5.02 Å². The lowest BCUT2D eigenvalue weighted by Gasteiger charge is -2.20. The van der Waals surface area contributed by atoms with Crippen molar-refractivity contribution in [1.29, 1.82) is 0 Å². The predicted molar refractivity (Wildman–Crippen MR) is 83.6 cm³/mol. The fraction of sp³-hybridized carbons (Fsp3) is 0.200. The van der Waals surface area contributed by atoms with Crippen LogP contribution in [0.5, 0.6) is 0 Å². The molecule has 2 rings (SSSR count). The van der Waals surface area contributed by atoms with Crippen LogP contribution in [0.3, 0.4) is 0 Å². The monoisotopic (exact) mass is 313 g/mol. The van der Waals surface area contributed by atoms with Gasteiger partial charge in [-0.1, -0.05) is 59.1 Å². The summed E-state index contributed by atoms with van der Waals surface area (Å²) in [4.78, 5) is 0. The largest absolute Gasteiger partial charge is 0.309 e. The van der Waals surface area contributed by atoms with Crippen molar-refractivity contribution in [3.05, 3.63) is 68.2 Å². The second-order valence-corrected chi connectivity index (χ2v) is 5.57. The molecule has 0 heterocycles. The van der Waals surface area contributed by atoms with Crippen molar-refractivity contribution in [1.82, 2.24) is 5.32 Å². The fourth-order valence-electron chi connectivity index (χ4n) is 2.09. The van der Waals surface area contributed by atoms with E-state index in [2.05, 4.69) is 11.4 Å². The van der Waals surface area contributed by atoms with E-state index in [1.165, 1.54) is 0 Å². The Morgan fingerprint density at radius 3 is 2.37 bits per heavy atom. The van der Waals surface area contributed by atoms with Gasteiger partial charge in [0.15, 0.2) is 0 Å². The van der Waals surface area contributed by atoms with Crippen LogP contribution in [-0.2, 0) is 0 Å². The Kier molecular flexibility index (Phi) is 4.75. The Morgan fingerprint density at radius 2 is 1.74 bits per heavy atom. The van der Waals surface area contributed by atoms with Crippen molar-refractivity contribution in [2.45, 2.75) is 13.0 Å². The molecule has 4 heteroatoms. The van der Waals surface area contributed by atoms with Gasteiger partial charge < -0.3 is 5.32 Å². The molecule has 0 aliphatic rings. The van der Waals surface area contributed by atoms with Gasteiger partial charge in [0.25, 0.3) is 0 Å². The summed E-state index contributed by atoms with van der Waals surface area (Å²) in [5.41, 5.74) is 3.10. The topological polar surface area (TPSA) is 12.0 Å². The minimum Gasteiger partial charge on any atom is -0.309 e. The van der Waals surface area contributed by atoms with Gasteiger partial charge in [-0.2, -0.15) is 0 Å². The number of rotatable bonds is 3.